The Hall–Kier alpha value is -2.57. The van der Waals surface area contributed by atoms with Crippen molar-refractivity contribution in [2.45, 2.75) is 0 Å². The zero-order valence-corrected chi connectivity index (χ0v) is 11.1. The summed E-state index contributed by atoms with van der Waals surface area (Å²) in [5.41, 5.74) is 6.31. The lowest BCUT2D eigenvalue weighted by molar-refractivity contribution is 1.49. The largest absolute Gasteiger partial charge is 0.398 e. The van der Waals surface area contributed by atoms with Crippen LogP contribution in [0.5, 0.6) is 0 Å². The second-order valence-corrected chi connectivity index (χ2v) is 4.86. The van der Waals surface area contributed by atoms with Crippen molar-refractivity contribution in [3.8, 4) is 6.07 Å². The maximum Gasteiger partial charge on any atom is 0.195 e. The molecule has 0 aromatic heterocycles. The molecule has 3 nitrogen and oxygen atoms in total. The van der Waals surface area contributed by atoms with Gasteiger partial charge in [0.15, 0.2) is 5.43 Å². The van der Waals surface area contributed by atoms with Crippen LogP contribution in [0.15, 0.2) is 47.3 Å². The van der Waals surface area contributed by atoms with Gasteiger partial charge in [-0.25, -0.2) is 0 Å². The quantitative estimate of drug-likeness (QED) is 0.641. The van der Waals surface area contributed by atoms with E-state index in [4.69, 9.17) is 22.6 Å². The Labute approximate surface area is 119 Å². The lowest BCUT2D eigenvalue weighted by Gasteiger charge is -2.02. The molecule has 96 valence electrons. The van der Waals surface area contributed by atoms with Gasteiger partial charge in [-0.3, -0.25) is 4.79 Å². The van der Waals surface area contributed by atoms with Crippen LogP contribution in [-0.4, -0.2) is 0 Å². The molecule has 0 bridgehead atoms. The molecule has 0 atom stereocenters. The number of halogens is 1. The number of nitrogens with two attached hydrogens (primary N) is 1. The van der Waals surface area contributed by atoms with Gasteiger partial charge >= 0.3 is 0 Å². The summed E-state index contributed by atoms with van der Waals surface area (Å²) in [6.45, 7) is 0. The standard InChI is InChI=1S/C16H9ClN2O/c17-15-10(8-18)7-13(19)12-6-5-9-3-1-2-4-11(9)16(20)14(12)15/h1-7H,19H2. The lowest BCUT2D eigenvalue weighted by Crippen LogP contribution is -2.01. The van der Waals surface area contributed by atoms with Crippen LogP contribution in [0.2, 0.25) is 5.02 Å². The summed E-state index contributed by atoms with van der Waals surface area (Å²) in [6.07, 6.45) is 0. The summed E-state index contributed by atoms with van der Waals surface area (Å²) in [6, 6.07) is 14.3. The van der Waals surface area contributed by atoms with E-state index in [1.165, 1.54) is 6.07 Å². The number of benzene rings is 2. The van der Waals surface area contributed by atoms with E-state index in [1.807, 2.05) is 24.3 Å². The highest BCUT2D eigenvalue weighted by Gasteiger charge is 2.12. The summed E-state index contributed by atoms with van der Waals surface area (Å²) in [7, 11) is 0. The van der Waals surface area contributed by atoms with Gasteiger partial charge in [-0.05, 0) is 11.5 Å². The van der Waals surface area contributed by atoms with Crippen LogP contribution in [0.3, 0.4) is 0 Å². The Kier molecular flexibility index (Phi) is 2.81. The topological polar surface area (TPSA) is 66.9 Å². The molecule has 2 N–H and O–H groups in total. The number of hydrogen-bond acceptors (Lipinski definition) is 3. The Bertz CT molecular complexity index is 958. The first kappa shape index (κ1) is 12.5. The monoisotopic (exact) mass is 280 g/mol. The van der Waals surface area contributed by atoms with Gasteiger partial charge in [-0.2, -0.15) is 5.26 Å². The third-order valence-electron chi connectivity index (χ3n) is 3.32. The molecular weight excluding hydrogens is 272 g/mol. The first-order valence-corrected chi connectivity index (χ1v) is 6.35. The first-order valence-electron chi connectivity index (χ1n) is 5.97. The van der Waals surface area contributed by atoms with Gasteiger partial charge in [-0.15, -0.1) is 0 Å². The van der Waals surface area contributed by atoms with E-state index in [9.17, 15) is 4.79 Å². The molecule has 0 fully saturated rings. The molecule has 3 aromatic carbocycles. The zero-order chi connectivity index (χ0) is 14.3. The highest BCUT2D eigenvalue weighted by Crippen LogP contribution is 2.30. The highest BCUT2D eigenvalue weighted by molar-refractivity contribution is 6.37. The van der Waals surface area contributed by atoms with Crippen LogP contribution in [0.1, 0.15) is 5.56 Å². The van der Waals surface area contributed by atoms with Gasteiger partial charge in [0.05, 0.1) is 16.0 Å². The number of nitriles is 1. The van der Waals surface area contributed by atoms with Crippen molar-refractivity contribution in [1.82, 2.24) is 0 Å². The van der Waals surface area contributed by atoms with E-state index >= 15 is 0 Å². The molecule has 0 spiro atoms. The molecule has 0 aliphatic rings. The Morgan fingerprint density at radius 1 is 1.10 bits per heavy atom. The first-order chi connectivity index (χ1) is 9.63. The van der Waals surface area contributed by atoms with Crippen molar-refractivity contribution < 1.29 is 0 Å². The molecule has 0 amide bonds. The third kappa shape index (κ3) is 1.70. The fourth-order valence-corrected chi connectivity index (χ4v) is 2.62. The van der Waals surface area contributed by atoms with Crippen molar-refractivity contribution >= 4 is 38.8 Å². The van der Waals surface area contributed by atoms with Gasteiger partial charge in [0.25, 0.3) is 0 Å². The summed E-state index contributed by atoms with van der Waals surface area (Å²) >= 11 is 6.20. The number of hydrogen-bond donors (Lipinski definition) is 1. The molecular formula is C16H9ClN2O. The second kappa shape index (κ2) is 4.52. The van der Waals surface area contributed by atoms with E-state index in [2.05, 4.69) is 0 Å². The van der Waals surface area contributed by atoms with Crippen LogP contribution >= 0.6 is 11.6 Å². The second-order valence-electron chi connectivity index (χ2n) is 4.48. The molecule has 0 saturated carbocycles. The van der Waals surface area contributed by atoms with E-state index in [-0.39, 0.29) is 16.0 Å². The number of nitrogen functional groups attached to an aromatic ring is 1. The van der Waals surface area contributed by atoms with E-state index < -0.39 is 0 Å². The third-order valence-corrected chi connectivity index (χ3v) is 3.71. The van der Waals surface area contributed by atoms with Crippen LogP contribution in [0, 0.1) is 11.3 Å². The fourth-order valence-electron chi connectivity index (χ4n) is 2.33. The SMILES string of the molecule is N#Cc1cc(N)c2ccc3ccccc3c(=O)c2c1Cl. The number of anilines is 1. The molecule has 0 radical (unpaired) electrons. The normalized spacial score (nSPS) is 10.6. The summed E-state index contributed by atoms with van der Waals surface area (Å²) in [5.74, 6) is 0. The fraction of sp³-hybridized carbons (Fsp3) is 0. The molecule has 0 unspecified atom stereocenters. The molecule has 3 rings (SSSR count). The number of nitrogens with zero attached hydrogens (tertiary/aromatic N) is 1. The highest BCUT2D eigenvalue weighted by atomic mass is 35.5. The molecule has 4 heteroatoms. The van der Waals surface area contributed by atoms with Crippen LogP contribution < -0.4 is 11.2 Å². The number of fused-ring (bicyclic) bond motifs is 2. The average molecular weight is 281 g/mol. The molecule has 0 aliphatic carbocycles. The summed E-state index contributed by atoms with van der Waals surface area (Å²) in [4.78, 5) is 12.7. The minimum absolute atomic E-state index is 0.156. The average Bonchev–Trinajstić information content (AvgIpc) is 2.61. The predicted octanol–water partition coefficient (Wildman–Crippen LogP) is 3.46. The lowest BCUT2D eigenvalue weighted by atomic mass is 10.1. The predicted molar refractivity (Wildman–Crippen MR) is 81.9 cm³/mol. The minimum atomic E-state index is -0.214. The van der Waals surface area contributed by atoms with Gasteiger partial charge in [-0.1, -0.05) is 48.0 Å². The van der Waals surface area contributed by atoms with Gasteiger partial charge in [0.2, 0.25) is 0 Å². The minimum Gasteiger partial charge on any atom is -0.398 e. The summed E-state index contributed by atoms with van der Waals surface area (Å²) in [5, 5.41) is 11.5. The molecule has 0 aliphatic heterocycles. The van der Waals surface area contributed by atoms with Crippen LogP contribution in [0.4, 0.5) is 5.69 Å². The molecule has 0 heterocycles. The van der Waals surface area contributed by atoms with Crippen LogP contribution in [0.25, 0.3) is 21.5 Å². The van der Waals surface area contributed by atoms with Gasteiger partial charge in [0.1, 0.15) is 6.07 Å². The van der Waals surface area contributed by atoms with E-state index in [1.54, 1.807) is 18.2 Å². The van der Waals surface area contributed by atoms with Gasteiger partial charge < -0.3 is 5.73 Å². The van der Waals surface area contributed by atoms with Crippen molar-refractivity contribution in [1.29, 1.82) is 5.26 Å². The van der Waals surface area contributed by atoms with Gasteiger partial charge in [0, 0.05) is 16.5 Å². The Balaban J connectivity index is 2.72. The maximum absolute atomic E-state index is 12.7. The molecule has 20 heavy (non-hydrogen) atoms. The van der Waals surface area contributed by atoms with Crippen molar-refractivity contribution in [2.24, 2.45) is 0 Å². The smallest absolute Gasteiger partial charge is 0.195 e. The zero-order valence-electron chi connectivity index (χ0n) is 10.4. The number of rotatable bonds is 0. The van der Waals surface area contributed by atoms with Crippen LogP contribution in [-0.2, 0) is 0 Å². The Morgan fingerprint density at radius 3 is 2.60 bits per heavy atom. The summed E-state index contributed by atoms with van der Waals surface area (Å²) < 4.78 is 0. The van der Waals surface area contributed by atoms with Crippen molar-refractivity contribution in [3.63, 3.8) is 0 Å². The van der Waals surface area contributed by atoms with E-state index in [0.29, 0.717) is 21.8 Å². The molecule has 3 aromatic rings. The Morgan fingerprint density at radius 2 is 1.85 bits per heavy atom. The molecule has 0 saturated heterocycles. The maximum atomic E-state index is 12.7. The van der Waals surface area contributed by atoms with E-state index in [0.717, 1.165) is 5.39 Å². The van der Waals surface area contributed by atoms with Crippen molar-refractivity contribution in [3.05, 3.63) is 63.3 Å². The van der Waals surface area contributed by atoms with Crippen molar-refractivity contribution in [2.75, 3.05) is 5.73 Å².